The number of hydrogen-bond acceptors (Lipinski definition) is 6. The van der Waals surface area contributed by atoms with Crippen LogP contribution in [-0.2, 0) is 28.6 Å². The van der Waals surface area contributed by atoms with Crippen molar-refractivity contribution in [3.63, 3.8) is 0 Å². The van der Waals surface area contributed by atoms with Crippen LogP contribution in [-0.4, -0.2) is 37.2 Å². The maximum Gasteiger partial charge on any atom is 0.306 e. The molecule has 70 heavy (non-hydrogen) atoms. The van der Waals surface area contributed by atoms with Crippen LogP contribution in [0.5, 0.6) is 0 Å². The first-order valence-corrected chi connectivity index (χ1v) is 30.6. The van der Waals surface area contributed by atoms with Gasteiger partial charge in [-0.2, -0.15) is 0 Å². The summed E-state index contributed by atoms with van der Waals surface area (Å²) in [7, 11) is 0. The monoisotopic (exact) mass is 981 g/mol. The number of unbranched alkanes of at least 4 members (excludes halogenated alkanes) is 37. The topological polar surface area (TPSA) is 78.9 Å². The SMILES string of the molecule is CCCCCCC/C=C\C/C=C\C/C=C\CCCCCCCCCCC(=O)OCC(COC(=O)CCCCCCCCCC)OC(=O)CCCCCCCCCCC/C=C\CCCCCCCCCC. The highest BCUT2D eigenvalue weighted by atomic mass is 16.6. The second-order valence-electron chi connectivity index (χ2n) is 20.6. The van der Waals surface area contributed by atoms with Crippen LogP contribution >= 0.6 is 0 Å². The molecule has 6 nitrogen and oxygen atoms in total. The van der Waals surface area contributed by atoms with Gasteiger partial charge in [0.15, 0.2) is 6.10 Å². The van der Waals surface area contributed by atoms with Gasteiger partial charge in [-0.25, -0.2) is 0 Å². The summed E-state index contributed by atoms with van der Waals surface area (Å²) in [5.41, 5.74) is 0. The minimum atomic E-state index is -0.774. The van der Waals surface area contributed by atoms with E-state index in [4.69, 9.17) is 14.2 Å². The molecule has 0 aliphatic carbocycles. The van der Waals surface area contributed by atoms with Gasteiger partial charge in [-0.15, -0.1) is 0 Å². The number of ether oxygens (including phenoxy) is 3. The van der Waals surface area contributed by atoms with E-state index in [1.165, 1.54) is 205 Å². The lowest BCUT2D eigenvalue weighted by Gasteiger charge is -2.18. The van der Waals surface area contributed by atoms with Crippen molar-refractivity contribution in [1.82, 2.24) is 0 Å². The van der Waals surface area contributed by atoms with Crippen molar-refractivity contribution in [3.05, 3.63) is 48.6 Å². The van der Waals surface area contributed by atoms with Crippen LogP contribution in [0.2, 0.25) is 0 Å². The molecule has 0 amide bonds. The molecule has 0 saturated heterocycles. The van der Waals surface area contributed by atoms with Crippen molar-refractivity contribution in [2.75, 3.05) is 13.2 Å². The third kappa shape index (κ3) is 56.3. The zero-order valence-electron chi connectivity index (χ0n) is 46.8. The fraction of sp³-hybridized carbons (Fsp3) is 0.828. The Labute approximate surface area is 435 Å². The molecule has 1 atom stereocenters. The minimum Gasteiger partial charge on any atom is -0.462 e. The molecule has 0 fully saturated rings. The van der Waals surface area contributed by atoms with E-state index in [2.05, 4.69) is 69.4 Å². The summed E-state index contributed by atoms with van der Waals surface area (Å²) >= 11 is 0. The molecule has 0 aliphatic heterocycles. The quantitative estimate of drug-likeness (QED) is 0.0261. The van der Waals surface area contributed by atoms with Crippen molar-refractivity contribution in [3.8, 4) is 0 Å². The second-order valence-corrected chi connectivity index (χ2v) is 20.6. The van der Waals surface area contributed by atoms with Crippen LogP contribution in [0.15, 0.2) is 48.6 Å². The molecule has 6 heteroatoms. The Kier molecular flexibility index (Phi) is 56.7. The number of carbonyl (C=O) groups excluding carboxylic acids is 3. The molecule has 408 valence electrons. The smallest absolute Gasteiger partial charge is 0.306 e. The van der Waals surface area contributed by atoms with E-state index in [9.17, 15) is 14.4 Å². The molecule has 0 aromatic carbocycles. The largest absolute Gasteiger partial charge is 0.462 e. The maximum atomic E-state index is 12.9. The summed E-state index contributed by atoms with van der Waals surface area (Å²) in [6.07, 6.45) is 72.7. The second kappa shape index (κ2) is 58.9. The number of esters is 3. The molecular weight excluding hydrogens is 865 g/mol. The van der Waals surface area contributed by atoms with Crippen LogP contribution in [0, 0.1) is 0 Å². The normalized spacial score (nSPS) is 12.3. The number of allylic oxidation sites excluding steroid dienone is 8. The van der Waals surface area contributed by atoms with Crippen LogP contribution in [0.3, 0.4) is 0 Å². The maximum absolute atomic E-state index is 12.9. The Bertz CT molecular complexity index is 1220. The lowest BCUT2D eigenvalue weighted by molar-refractivity contribution is -0.167. The Hall–Kier alpha value is -2.63. The molecule has 0 bridgehead atoms. The highest BCUT2D eigenvalue weighted by Crippen LogP contribution is 2.16. The summed E-state index contributed by atoms with van der Waals surface area (Å²) in [6, 6.07) is 0. The van der Waals surface area contributed by atoms with E-state index in [1.54, 1.807) is 0 Å². The van der Waals surface area contributed by atoms with Crippen molar-refractivity contribution in [2.24, 2.45) is 0 Å². The summed E-state index contributed by atoms with van der Waals surface area (Å²) < 4.78 is 16.8. The summed E-state index contributed by atoms with van der Waals surface area (Å²) in [4.78, 5) is 38.1. The Morgan fingerprint density at radius 1 is 0.286 bits per heavy atom. The first kappa shape index (κ1) is 67.4. The molecule has 0 rings (SSSR count). The van der Waals surface area contributed by atoms with Crippen LogP contribution < -0.4 is 0 Å². The Balaban J connectivity index is 4.21. The van der Waals surface area contributed by atoms with Crippen LogP contribution in [0.1, 0.15) is 323 Å². The third-order valence-corrected chi connectivity index (χ3v) is 13.6. The molecule has 0 aromatic heterocycles. The van der Waals surface area contributed by atoms with Gasteiger partial charge in [-0.05, 0) is 83.5 Å². The molecule has 0 N–H and O–H groups in total. The molecule has 0 saturated carbocycles. The van der Waals surface area contributed by atoms with Gasteiger partial charge in [-0.1, -0.05) is 268 Å². The van der Waals surface area contributed by atoms with E-state index < -0.39 is 6.10 Å². The lowest BCUT2D eigenvalue weighted by Crippen LogP contribution is -2.30. The predicted molar refractivity (Wildman–Crippen MR) is 302 cm³/mol. The van der Waals surface area contributed by atoms with Gasteiger partial charge in [-0.3, -0.25) is 14.4 Å². The summed E-state index contributed by atoms with van der Waals surface area (Å²) in [5, 5.41) is 0. The first-order chi connectivity index (χ1) is 34.5. The zero-order valence-corrected chi connectivity index (χ0v) is 46.8. The van der Waals surface area contributed by atoms with E-state index in [1.807, 2.05) is 0 Å². The van der Waals surface area contributed by atoms with Crippen molar-refractivity contribution < 1.29 is 28.6 Å². The fourth-order valence-electron chi connectivity index (χ4n) is 8.92. The first-order valence-electron chi connectivity index (χ1n) is 30.6. The molecular formula is C64H116O6. The molecule has 1 unspecified atom stereocenters. The summed E-state index contributed by atoms with van der Waals surface area (Å²) in [5.74, 6) is -0.873. The van der Waals surface area contributed by atoms with Gasteiger partial charge in [0.05, 0.1) is 0 Å². The summed E-state index contributed by atoms with van der Waals surface area (Å²) in [6.45, 7) is 6.63. The number of rotatable bonds is 56. The van der Waals surface area contributed by atoms with Gasteiger partial charge in [0.1, 0.15) is 13.2 Å². The van der Waals surface area contributed by atoms with Crippen molar-refractivity contribution in [2.45, 2.75) is 329 Å². The number of carbonyl (C=O) groups is 3. The molecule has 0 spiro atoms. The average molecular weight is 982 g/mol. The highest BCUT2D eigenvalue weighted by molar-refractivity contribution is 5.71. The van der Waals surface area contributed by atoms with Crippen LogP contribution in [0.4, 0.5) is 0 Å². The standard InChI is InChI=1S/C64H116O6/c1-4-7-10-13-16-19-21-23-25-27-29-31-32-34-35-37-39-41-43-45-48-51-54-57-63(66)69-60-61(59-68-62(65)56-53-50-47-18-15-12-9-6-3)70-64(67)58-55-52-49-46-44-42-40-38-36-33-30-28-26-24-22-20-17-14-11-8-5-2/h21,23,27-30,32,34,61H,4-20,22,24-26,31,33,35-60H2,1-3H3/b23-21-,29-27-,30-28-,34-32-. The van der Waals surface area contributed by atoms with Crippen molar-refractivity contribution in [1.29, 1.82) is 0 Å². The Morgan fingerprint density at radius 3 is 0.814 bits per heavy atom. The average Bonchev–Trinajstić information content (AvgIpc) is 3.36. The zero-order chi connectivity index (χ0) is 50.7. The van der Waals surface area contributed by atoms with E-state index in [0.29, 0.717) is 19.3 Å². The van der Waals surface area contributed by atoms with Gasteiger partial charge < -0.3 is 14.2 Å². The fourth-order valence-corrected chi connectivity index (χ4v) is 8.92. The highest BCUT2D eigenvalue weighted by Gasteiger charge is 2.19. The van der Waals surface area contributed by atoms with Gasteiger partial charge >= 0.3 is 17.9 Å². The minimum absolute atomic E-state index is 0.0739. The molecule has 0 aliphatic rings. The van der Waals surface area contributed by atoms with E-state index in [-0.39, 0.29) is 31.1 Å². The Morgan fingerprint density at radius 2 is 0.514 bits per heavy atom. The third-order valence-electron chi connectivity index (χ3n) is 13.6. The van der Waals surface area contributed by atoms with Gasteiger partial charge in [0, 0.05) is 19.3 Å². The van der Waals surface area contributed by atoms with Crippen molar-refractivity contribution >= 4 is 17.9 Å². The van der Waals surface area contributed by atoms with Gasteiger partial charge in [0.25, 0.3) is 0 Å². The lowest BCUT2D eigenvalue weighted by atomic mass is 10.1. The molecule has 0 aromatic rings. The molecule has 0 radical (unpaired) electrons. The molecule has 0 heterocycles. The van der Waals surface area contributed by atoms with E-state index in [0.717, 1.165) is 77.0 Å². The van der Waals surface area contributed by atoms with E-state index >= 15 is 0 Å². The van der Waals surface area contributed by atoms with Crippen LogP contribution in [0.25, 0.3) is 0 Å². The number of hydrogen-bond donors (Lipinski definition) is 0. The predicted octanol–water partition coefficient (Wildman–Crippen LogP) is 20.6. The van der Waals surface area contributed by atoms with Gasteiger partial charge in [0.2, 0.25) is 0 Å².